The van der Waals surface area contributed by atoms with E-state index in [1.165, 1.54) is 11.6 Å². The zero-order chi connectivity index (χ0) is 20.6. The van der Waals surface area contributed by atoms with Gasteiger partial charge in [0.1, 0.15) is 0 Å². The molecule has 29 heavy (non-hydrogen) atoms. The summed E-state index contributed by atoms with van der Waals surface area (Å²) in [6.07, 6.45) is 5.97. The van der Waals surface area contributed by atoms with Crippen molar-refractivity contribution in [1.29, 1.82) is 0 Å². The first-order chi connectivity index (χ1) is 14.0. The van der Waals surface area contributed by atoms with Gasteiger partial charge in [0.25, 0.3) is 0 Å². The van der Waals surface area contributed by atoms with Crippen molar-refractivity contribution in [1.82, 2.24) is 9.80 Å². The quantitative estimate of drug-likeness (QED) is 0.580. The second-order valence-electron chi connectivity index (χ2n) is 7.31. The third-order valence-corrected chi connectivity index (χ3v) is 5.02. The highest BCUT2D eigenvalue weighted by Crippen LogP contribution is 2.12. The fourth-order valence-electron chi connectivity index (χ4n) is 3.19. The Morgan fingerprint density at radius 2 is 1.41 bits per heavy atom. The van der Waals surface area contributed by atoms with Crippen LogP contribution in [0.4, 0.5) is 0 Å². The number of carboxylic acids is 1. The lowest BCUT2D eigenvalue weighted by molar-refractivity contribution is -0.131. The normalized spacial score (nSPS) is 15.9. The molecule has 2 aromatic rings. The predicted molar refractivity (Wildman–Crippen MR) is 116 cm³/mol. The molecule has 3 rings (SSSR count). The van der Waals surface area contributed by atoms with Crippen LogP contribution in [0.5, 0.6) is 0 Å². The van der Waals surface area contributed by atoms with Gasteiger partial charge in [-0.1, -0.05) is 54.6 Å². The molecule has 0 radical (unpaired) electrons. The van der Waals surface area contributed by atoms with Crippen LogP contribution in [-0.2, 0) is 11.3 Å². The number of rotatable bonds is 7. The van der Waals surface area contributed by atoms with Crippen LogP contribution in [-0.4, -0.2) is 59.9 Å². The monoisotopic (exact) mass is 390 g/mol. The number of allylic oxidation sites excluding steroid dienone is 1. The maximum atomic E-state index is 12.4. The molecule has 150 valence electrons. The lowest BCUT2D eigenvalue weighted by atomic mass is 10.1. The number of carboxylic acid groups (broad SMARTS) is 1. The summed E-state index contributed by atoms with van der Waals surface area (Å²) in [7, 11) is 2.15. The zero-order valence-electron chi connectivity index (χ0n) is 16.6. The van der Waals surface area contributed by atoms with E-state index in [4.69, 9.17) is 5.11 Å². The van der Waals surface area contributed by atoms with Crippen molar-refractivity contribution >= 4 is 23.9 Å². The Morgan fingerprint density at radius 3 is 1.97 bits per heavy atom. The lowest BCUT2D eigenvalue weighted by Crippen LogP contribution is -2.43. The molecule has 5 heteroatoms. The molecule has 1 N–H and O–H groups in total. The molecule has 0 atom stereocenters. The van der Waals surface area contributed by atoms with Gasteiger partial charge in [-0.05, 0) is 35.9 Å². The molecule has 5 nitrogen and oxygen atoms in total. The molecule has 0 aromatic heterocycles. The minimum Gasteiger partial charge on any atom is -0.478 e. The number of aliphatic carboxylic acids is 1. The molecule has 0 bridgehead atoms. The van der Waals surface area contributed by atoms with Crippen molar-refractivity contribution < 1.29 is 14.7 Å². The van der Waals surface area contributed by atoms with Crippen LogP contribution < -0.4 is 0 Å². The van der Waals surface area contributed by atoms with E-state index in [0.29, 0.717) is 5.56 Å². The van der Waals surface area contributed by atoms with E-state index in [2.05, 4.69) is 16.8 Å². The van der Waals surface area contributed by atoms with Gasteiger partial charge < -0.3 is 10.0 Å². The van der Waals surface area contributed by atoms with Gasteiger partial charge in [0.15, 0.2) is 5.78 Å². The van der Waals surface area contributed by atoms with Crippen molar-refractivity contribution in [3.63, 3.8) is 0 Å². The molecular formula is C24H26N2O3. The third-order valence-electron chi connectivity index (χ3n) is 5.02. The topological polar surface area (TPSA) is 60.9 Å². The first-order valence-electron chi connectivity index (χ1n) is 9.73. The van der Waals surface area contributed by atoms with E-state index >= 15 is 0 Å². The lowest BCUT2D eigenvalue weighted by Gasteiger charge is -2.32. The summed E-state index contributed by atoms with van der Waals surface area (Å²) >= 11 is 0. The number of likely N-dealkylation sites (N-methyl/N-ethyl adjacent to an activating group) is 1. The summed E-state index contributed by atoms with van der Waals surface area (Å²) in [6.45, 7) is 5.26. The van der Waals surface area contributed by atoms with Gasteiger partial charge in [0.05, 0.1) is 0 Å². The standard InChI is InChI=1S/C24H26N2O3/c1-25-14-16-26(17-15-25)18-21-6-10-22(11-7-21)23(27)12-8-19-2-4-20(5-3-19)9-13-24(28)29/h2-13H,14-18H2,1H3,(H,28,29)/b12-8+,13-9+. The Labute approximate surface area is 171 Å². The number of hydrogen-bond acceptors (Lipinski definition) is 4. The van der Waals surface area contributed by atoms with Gasteiger partial charge in [-0.3, -0.25) is 9.69 Å². The van der Waals surface area contributed by atoms with Crippen molar-refractivity contribution in [2.75, 3.05) is 33.2 Å². The van der Waals surface area contributed by atoms with Crippen molar-refractivity contribution in [3.05, 3.63) is 82.9 Å². The van der Waals surface area contributed by atoms with Crippen LogP contribution in [0, 0.1) is 0 Å². The molecule has 1 saturated heterocycles. The SMILES string of the molecule is CN1CCN(Cc2ccc(C(=O)/C=C/c3ccc(/C=C/C(=O)O)cc3)cc2)CC1. The molecule has 1 heterocycles. The van der Waals surface area contributed by atoms with Crippen molar-refractivity contribution in [3.8, 4) is 0 Å². The molecule has 1 aliphatic heterocycles. The van der Waals surface area contributed by atoms with Gasteiger partial charge in [0, 0.05) is 44.4 Å². The Bertz CT molecular complexity index is 891. The molecule has 2 aromatic carbocycles. The summed E-state index contributed by atoms with van der Waals surface area (Å²) < 4.78 is 0. The molecule has 0 unspecified atom stereocenters. The Hall–Kier alpha value is -3.02. The second kappa shape index (κ2) is 9.96. The fraction of sp³-hybridized carbons (Fsp3) is 0.250. The van der Waals surface area contributed by atoms with E-state index in [9.17, 15) is 9.59 Å². The molecular weight excluding hydrogens is 364 g/mol. The van der Waals surface area contributed by atoms with Gasteiger partial charge in [-0.15, -0.1) is 0 Å². The number of hydrogen-bond donors (Lipinski definition) is 1. The third kappa shape index (κ3) is 6.52. The zero-order valence-corrected chi connectivity index (χ0v) is 16.6. The van der Waals surface area contributed by atoms with Crippen molar-refractivity contribution in [2.24, 2.45) is 0 Å². The highest BCUT2D eigenvalue weighted by atomic mass is 16.4. The van der Waals surface area contributed by atoms with E-state index in [0.717, 1.165) is 49.9 Å². The summed E-state index contributed by atoms with van der Waals surface area (Å²) in [4.78, 5) is 27.7. The summed E-state index contributed by atoms with van der Waals surface area (Å²) in [5.41, 5.74) is 3.58. The summed E-state index contributed by atoms with van der Waals surface area (Å²) in [6, 6.07) is 15.2. The van der Waals surface area contributed by atoms with Crippen molar-refractivity contribution in [2.45, 2.75) is 6.54 Å². The molecule has 0 amide bonds. The molecule has 1 fully saturated rings. The Balaban J connectivity index is 1.55. The van der Waals surface area contributed by atoms with Gasteiger partial charge in [0.2, 0.25) is 0 Å². The fourth-order valence-corrected chi connectivity index (χ4v) is 3.19. The highest BCUT2D eigenvalue weighted by molar-refractivity contribution is 6.06. The average molecular weight is 390 g/mol. The molecule has 0 aliphatic carbocycles. The van der Waals surface area contributed by atoms with E-state index in [-0.39, 0.29) is 5.78 Å². The average Bonchev–Trinajstić information content (AvgIpc) is 2.73. The summed E-state index contributed by atoms with van der Waals surface area (Å²) in [5.74, 6) is -1.01. The van der Waals surface area contributed by atoms with E-state index < -0.39 is 5.97 Å². The van der Waals surface area contributed by atoms with Crippen LogP contribution in [0.2, 0.25) is 0 Å². The minimum atomic E-state index is -0.978. The smallest absolute Gasteiger partial charge is 0.328 e. The van der Waals surface area contributed by atoms with Crippen LogP contribution in [0.25, 0.3) is 12.2 Å². The van der Waals surface area contributed by atoms with Crippen LogP contribution in [0.3, 0.4) is 0 Å². The van der Waals surface area contributed by atoms with Crippen LogP contribution in [0.1, 0.15) is 27.0 Å². The van der Waals surface area contributed by atoms with Gasteiger partial charge >= 0.3 is 5.97 Å². The number of nitrogens with zero attached hydrogens (tertiary/aromatic N) is 2. The molecule has 0 saturated carbocycles. The molecule has 1 aliphatic rings. The van der Waals surface area contributed by atoms with E-state index in [1.54, 1.807) is 12.2 Å². The number of carbonyl (C=O) groups is 2. The predicted octanol–water partition coefficient (Wildman–Crippen LogP) is 3.43. The minimum absolute atomic E-state index is 0.0361. The number of carbonyl (C=O) groups excluding carboxylic acids is 1. The van der Waals surface area contributed by atoms with Crippen LogP contribution in [0.15, 0.2) is 60.7 Å². The number of piperazine rings is 1. The first-order valence-corrected chi connectivity index (χ1v) is 9.73. The Morgan fingerprint density at radius 1 is 0.862 bits per heavy atom. The van der Waals surface area contributed by atoms with Gasteiger partial charge in [-0.2, -0.15) is 0 Å². The maximum Gasteiger partial charge on any atom is 0.328 e. The maximum absolute atomic E-state index is 12.4. The largest absolute Gasteiger partial charge is 0.478 e. The second-order valence-corrected chi connectivity index (χ2v) is 7.31. The van der Waals surface area contributed by atoms with E-state index in [1.807, 2.05) is 48.5 Å². The summed E-state index contributed by atoms with van der Waals surface area (Å²) in [5, 5.41) is 8.65. The number of ketones is 1. The Kier molecular flexibility index (Phi) is 7.11. The van der Waals surface area contributed by atoms with Crippen LogP contribution >= 0.6 is 0 Å². The number of benzene rings is 2. The van der Waals surface area contributed by atoms with Gasteiger partial charge in [-0.25, -0.2) is 4.79 Å². The highest BCUT2D eigenvalue weighted by Gasteiger charge is 2.13. The molecule has 0 spiro atoms. The first kappa shape index (κ1) is 20.7.